The molecule has 2 heterocycles. The zero-order valence-corrected chi connectivity index (χ0v) is 19.2. The molecule has 1 aliphatic rings. The SMILES string of the molecule is Cl.O=C(NCC(c1ccccc1Cl)N1CCCC1)c1cc(=O)c2ccc(Br)cc2o1. The topological polar surface area (TPSA) is 62.6 Å². The van der Waals surface area contributed by atoms with E-state index < -0.39 is 5.91 Å². The molecule has 2 aromatic carbocycles. The third-order valence-corrected chi connectivity index (χ3v) is 6.05. The summed E-state index contributed by atoms with van der Waals surface area (Å²) in [6.07, 6.45) is 2.26. The van der Waals surface area contributed by atoms with Crippen molar-refractivity contribution in [2.45, 2.75) is 18.9 Å². The number of amides is 1. The lowest BCUT2D eigenvalue weighted by Gasteiger charge is -2.28. The quantitative estimate of drug-likeness (QED) is 0.511. The van der Waals surface area contributed by atoms with Gasteiger partial charge in [0.05, 0.1) is 11.4 Å². The van der Waals surface area contributed by atoms with E-state index >= 15 is 0 Å². The van der Waals surface area contributed by atoms with Crippen LogP contribution in [0.3, 0.4) is 0 Å². The smallest absolute Gasteiger partial charge is 0.287 e. The van der Waals surface area contributed by atoms with Gasteiger partial charge in [0.25, 0.3) is 5.91 Å². The second-order valence-electron chi connectivity index (χ2n) is 7.11. The molecule has 1 fully saturated rings. The van der Waals surface area contributed by atoms with Crippen LogP contribution in [0.4, 0.5) is 0 Å². The second-order valence-corrected chi connectivity index (χ2v) is 8.43. The summed E-state index contributed by atoms with van der Waals surface area (Å²) in [5.74, 6) is -0.417. The fourth-order valence-electron chi connectivity index (χ4n) is 3.75. The van der Waals surface area contributed by atoms with Crippen molar-refractivity contribution in [3.05, 3.63) is 79.6 Å². The van der Waals surface area contributed by atoms with Crippen LogP contribution < -0.4 is 10.7 Å². The first-order chi connectivity index (χ1) is 14.0. The number of carbonyl (C=O) groups excluding carboxylic acids is 1. The Morgan fingerprint density at radius 1 is 1.17 bits per heavy atom. The molecule has 0 spiro atoms. The van der Waals surface area contributed by atoms with Gasteiger partial charge in [0, 0.05) is 22.1 Å². The maximum atomic E-state index is 12.8. The number of hydrogen-bond acceptors (Lipinski definition) is 4. The lowest BCUT2D eigenvalue weighted by atomic mass is 10.1. The molecule has 1 atom stereocenters. The Balaban J connectivity index is 0.00000256. The fourth-order valence-corrected chi connectivity index (χ4v) is 4.35. The number of benzene rings is 2. The molecule has 158 valence electrons. The number of rotatable bonds is 5. The van der Waals surface area contributed by atoms with Gasteiger partial charge in [0.15, 0.2) is 11.2 Å². The van der Waals surface area contributed by atoms with E-state index in [-0.39, 0.29) is 29.6 Å². The van der Waals surface area contributed by atoms with Crippen molar-refractivity contribution in [2.75, 3.05) is 19.6 Å². The molecule has 3 aromatic rings. The van der Waals surface area contributed by atoms with Gasteiger partial charge in [-0.25, -0.2) is 0 Å². The number of hydrogen-bond donors (Lipinski definition) is 1. The molecule has 1 N–H and O–H groups in total. The summed E-state index contributed by atoms with van der Waals surface area (Å²) in [6, 6.07) is 14.0. The van der Waals surface area contributed by atoms with Crippen LogP contribution in [0.2, 0.25) is 5.02 Å². The van der Waals surface area contributed by atoms with Gasteiger partial charge in [-0.1, -0.05) is 45.7 Å². The monoisotopic (exact) mass is 510 g/mol. The van der Waals surface area contributed by atoms with Gasteiger partial charge in [0.2, 0.25) is 0 Å². The predicted octanol–water partition coefficient (Wildman–Crippen LogP) is 5.20. The highest BCUT2D eigenvalue weighted by molar-refractivity contribution is 9.10. The molecule has 0 saturated carbocycles. The number of nitrogens with zero attached hydrogens (tertiary/aromatic N) is 1. The first-order valence-electron chi connectivity index (χ1n) is 9.53. The molecule has 1 saturated heterocycles. The van der Waals surface area contributed by atoms with Gasteiger partial charge < -0.3 is 9.73 Å². The van der Waals surface area contributed by atoms with Crippen LogP contribution in [0.5, 0.6) is 0 Å². The number of likely N-dealkylation sites (tertiary alicyclic amines) is 1. The van der Waals surface area contributed by atoms with Crippen LogP contribution in [0, 0.1) is 0 Å². The van der Waals surface area contributed by atoms with Crippen LogP contribution in [0.1, 0.15) is 35.0 Å². The lowest BCUT2D eigenvalue weighted by Crippen LogP contribution is -2.37. The summed E-state index contributed by atoms with van der Waals surface area (Å²) in [4.78, 5) is 27.4. The number of carbonyl (C=O) groups is 1. The minimum Gasteiger partial charge on any atom is -0.451 e. The summed E-state index contributed by atoms with van der Waals surface area (Å²) in [5.41, 5.74) is 1.12. The Morgan fingerprint density at radius 3 is 2.63 bits per heavy atom. The van der Waals surface area contributed by atoms with E-state index in [1.165, 1.54) is 6.07 Å². The van der Waals surface area contributed by atoms with Gasteiger partial charge in [-0.05, 0) is 55.8 Å². The molecular weight excluding hydrogens is 491 g/mol. The highest BCUT2D eigenvalue weighted by atomic mass is 79.9. The van der Waals surface area contributed by atoms with E-state index in [2.05, 4.69) is 26.1 Å². The summed E-state index contributed by atoms with van der Waals surface area (Å²) < 4.78 is 6.47. The van der Waals surface area contributed by atoms with Crippen molar-refractivity contribution in [3.63, 3.8) is 0 Å². The van der Waals surface area contributed by atoms with Crippen LogP contribution in [-0.4, -0.2) is 30.4 Å². The fraction of sp³-hybridized carbons (Fsp3) is 0.273. The van der Waals surface area contributed by atoms with Gasteiger partial charge in [-0.2, -0.15) is 0 Å². The molecule has 1 unspecified atom stereocenters. The number of fused-ring (bicyclic) bond motifs is 1. The van der Waals surface area contributed by atoms with Gasteiger partial charge in [0.1, 0.15) is 5.58 Å². The van der Waals surface area contributed by atoms with Crippen LogP contribution in [0.25, 0.3) is 11.0 Å². The van der Waals surface area contributed by atoms with Crippen molar-refractivity contribution in [3.8, 4) is 0 Å². The third kappa shape index (κ3) is 4.89. The molecule has 5 nitrogen and oxygen atoms in total. The highest BCUT2D eigenvalue weighted by Crippen LogP contribution is 2.29. The van der Waals surface area contributed by atoms with E-state index in [4.69, 9.17) is 16.0 Å². The average Bonchev–Trinajstić information content (AvgIpc) is 3.23. The molecule has 4 rings (SSSR count). The third-order valence-electron chi connectivity index (χ3n) is 5.22. The van der Waals surface area contributed by atoms with Crippen molar-refractivity contribution in [1.29, 1.82) is 0 Å². The molecule has 30 heavy (non-hydrogen) atoms. The molecular formula is C22H21BrCl2N2O3. The molecule has 0 radical (unpaired) electrons. The minimum atomic E-state index is -0.416. The maximum Gasteiger partial charge on any atom is 0.287 e. The van der Waals surface area contributed by atoms with E-state index in [1.807, 2.05) is 24.3 Å². The zero-order valence-electron chi connectivity index (χ0n) is 16.1. The number of nitrogens with one attached hydrogen (secondary N) is 1. The molecule has 8 heteroatoms. The second kappa shape index (κ2) is 9.96. The van der Waals surface area contributed by atoms with E-state index in [1.54, 1.807) is 18.2 Å². The summed E-state index contributed by atoms with van der Waals surface area (Å²) in [6.45, 7) is 2.30. The normalized spacial score (nSPS) is 15.0. The van der Waals surface area contributed by atoms with Crippen molar-refractivity contribution >= 4 is 56.8 Å². The van der Waals surface area contributed by atoms with Crippen molar-refractivity contribution in [1.82, 2.24) is 10.2 Å². The van der Waals surface area contributed by atoms with Crippen LogP contribution >= 0.6 is 39.9 Å². The maximum absolute atomic E-state index is 12.8. The standard InChI is InChI=1S/C22H20BrClN2O3.ClH/c23-14-7-8-16-19(27)12-21(29-20(16)11-14)22(28)25-13-18(26-9-3-4-10-26)15-5-1-2-6-17(15)24;/h1-2,5-8,11-12,18H,3-4,9-10,13H2,(H,25,28);1H. The zero-order chi connectivity index (χ0) is 20.4. The largest absolute Gasteiger partial charge is 0.451 e. The molecule has 1 amide bonds. The number of halogens is 3. The predicted molar refractivity (Wildman–Crippen MR) is 125 cm³/mol. The van der Waals surface area contributed by atoms with Crippen molar-refractivity contribution < 1.29 is 9.21 Å². The summed E-state index contributed by atoms with van der Waals surface area (Å²) in [7, 11) is 0. The Bertz CT molecular complexity index is 1110. The van der Waals surface area contributed by atoms with E-state index in [0.717, 1.165) is 36.0 Å². The van der Waals surface area contributed by atoms with Crippen LogP contribution in [-0.2, 0) is 0 Å². The Labute approximate surface area is 193 Å². The van der Waals surface area contributed by atoms with Gasteiger partial charge >= 0.3 is 0 Å². The van der Waals surface area contributed by atoms with Gasteiger partial charge in [-0.15, -0.1) is 12.4 Å². The minimum absolute atomic E-state index is 0. The molecule has 1 aromatic heterocycles. The first-order valence-corrected chi connectivity index (χ1v) is 10.7. The van der Waals surface area contributed by atoms with E-state index in [9.17, 15) is 9.59 Å². The lowest BCUT2D eigenvalue weighted by molar-refractivity contribution is 0.0910. The summed E-state index contributed by atoms with van der Waals surface area (Å²) >= 11 is 9.79. The Hall–Kier alpha value is -1.86. The Kier molecular flexibility index (Phi) is 7.58. The van der Waals surface area contributed by atoms with Crippen LogP contribution in [0.15, 0.2) is 62.2 Å². The van der Waals surface area contributed by atoms with Gasteiger partial charge in [-0.3, -0.25) is 14.5 Å². The molecule has 1 aliphatic heterocycles. The van der Waals surface area contributed by atoms with Crippen molar-refractivity contribution in [2.24, 2.45) is 0 Å². The highest BCUT2D eigenvalue weighted by Gasteiger charge is 2.26. The Morgan fingerprint density at radius 2 is 1.90 bits per heavy atom. The molecule has 0 bridgehead atoms. The average molecular weight is 512 g/mol. The van der Waals surface area contributed by atoms with E-state index in [0.29, 0.717) is 22.5 Å². The first kappa shape index (κ1) is 22.8. The summed E-state index contributed by atoms with van der Waals surface area (Å²) in [5, 5.41) is 4.05. The molecule has 0 aliphatic carbocycles.